The van der Waals surface area contributed by atoms with E-state index in [9.17, 15) is 0 Å². The first-order valence-electron chi connectivity index (χ1n) is 10.0. The van der Waals surface area contributed by atoms with Gasteiger partial charge in [-0.05, 0) is 36.8 Å². The predicted molar refractivity (Wildman–Crippen MR) is 99.6 cm³/mol. The summed E-state index contributed by atoms with van der Waals surface area (Å²) in [6, 6.07) is 4.29. The maximum absolute atomic E-state index is 5.80. The van der Waals surface area contributed by atoms with Crippen molar-refractivity contribution in [2.45, 2.75) is 65.2 Å². The highest BCUT2D eigenvalue weighted by Gasteiger charge is 2.18. The lowest BCUT2D eigenvalue weighted by atomic mass is 9.87. The molecule has 1 aromatic heterocycles. The number of ether oxygens (including phenoxy) is 1. The van der Waals surface area contributed by atoms with Gasteiger partial charge in [0.1, 0.15) is 0 Å². The van der Waals surface area contributed by atoms with E-state index in [-0.39, 0.29) is 0 Å². The van der Waals surface area contributed by atoms with Crippen LogP contribution < -0.4 is 4.74 Å². The SMILES string of the molecule is CC(C)COc1ccc2c(n1)CCN(CCC1CCCCC1)CC2. The van der Waals surface area contributed by atoms with Crippen molar-refractivity contribution < 1.29 is 4.74 Å². The Labute approximate surface area is 147 Å². The van der Waals surface area contributed by atoms with Crippen molar-refractivity contribution in [1.82, 2.24) is 9.88 Å². The van der Waals surface area contributed by atoms with E-state index in [1.54, 1.807) is 0 Å². The number of hydrogen-bond donors (Lipinski definition) is 0. The molecule has 1 aromatic rings. The van der Waals surface area contributed by atoms with E-state index >= 15 is 0 Å². The Bertz CT molecular complexity index is 509. The van der Waals surface area contributed by atoms with Crippen LogP contribution in [0, 0.1) is 11.8 Å². The Kier molecular flexibility index (Phi) is 6.53. The van der Waals surface area contributed by atoms with Gasteiger partial charge < -0.3 is 9.64 Å². The second-order valence-electron chi connectivity index (χ2n) is 8.09. The fourth-order valence-corrected chi connectivity index (χ4v) is 4.01. The van der Waals surface area contributed by atoms with Gasteiger partial charge in [-0.25, -0.2) is 4.98 Å². The van der Waals surface area contributed by atoms with Crippen LogP contribution >= 0.6 is 0 Å². The van der Waals surface area contributed by atoms with Crippen LogP contribution in [0.5, 0.6) is 5.88 Å². The van der Waals surface area contributed by atoms with Crippen molar-refractivity contribution in [1.29, 1.82) is 0 Å². The van der Waals surface area contributed by atoms with Crippen LogP contribution in [0.2, 0.25) is 0 Å². The number of rotatable bonds is 6. The van der Waals surface area contributed by atoms with Crippen molar-refractivity contribution in [2.24, 2.45) is 11.8 Å². The van der Waals surface area contributed by atoms with Gasteiger partial charge in [-0.15, -0.1) is 0 Å². The third-order valence-corrected chi connectivity index (χ3v) is 5.55. The van der Waals surface area contributed by atoms with Crippen LogP contribution in [0.1, 0.15) is 63.6 Å². The van der Waals surface area contributed by atoms with Gasteiger partial charge in [0, 0.05) is 31.3 Å². The minimum Gasteiger partial charge on any atom is -0.477 e. The summed E-state index contributed by atoms with van der Waals surface area (Å²) >= 11 is 0. The molecule has 2 heterocycles. The number of aromatic nitrogens is 1. The molecular formula is C21H34N2O. The van der Waals surface area contributed by atoms with E-state index < -0.39 is 0 Å². The van der Waals surface area contributed by atoms with Gasteiger partial charge in [-0.3, -0.25) is 0 Å². The maximum atomic E-state index is 5.80. The van der Waals surface area contributed by atoms with E-state index in [0.717, 1.165) is 37.8 Å². The molecule has 24 heavy (non-hydrogen) atoms. The molecule has 0 atom stereocenters. The number of pyridine rings is 1. The molecule has 0 aromatic carbocycles. The van der Waals surface area contributed by atoms with Crippen LogP contribution in [0.4, 0.5) is 0 Å². The van der Waals surface area contributed by atoms with Gasteiger partial charge in [0.15, 0.2) is 0 Å². The normalized spacial score (nSPS) is 20.0. The van der Waals surface area contributed by atoms with Gasteiger partial charge in [0.05, 0.1) is 6.61 Å². The lowest BCUT2D eigenvalue weighted by Gasteiger charge is -2.26. The highest BCUT2D eigenvalue weighted by Crippen LogP contribution is 2.27. The Balaban J connectivity index is 1.50. The fraction of sp³-hybridized carbons (Fsp3) is 0.762. The molecule has 0 spiro atoms. The molecule has 0 N–H and O–H groups in total. The predicted octanol–water partition coefficient (Wildman–Crippen LogP) is 4.49. The Morgan fingerprint density at radius 1 is 1.12 bits per heavy atom. The average Bonchev–Trinajstić information content (AvgIpc) is 2.81. The van der Waals surface area contributed by atoms with E-state index in [2.05, 4.69) is 30.9 Å². The minimum absolute atomic E-state index is 0.542. The Morgan fingerprint density at radius 2 is 1.92 bits per heavy atom. The summed E-state index contributed by atoms with van der Waals surface area (Å²) in [4.78, 5) is 7.44. The molecule has 0 saturated heterocycles. The number of hydrogen-bond acceptors (Lipinski definition) is 3. The Hall–Kier alpha value is -1.09. The highest BCUT2D eigenvalue weighted by atomic mass is 16.5. The smallest absolute Gasteiger partial charge is 0.213 e. The largest absolute Gasteiger partial charge is 0.477 e. The molecule has 3 heteroatoms. The fourth-order valence-electron chi connectivity index (χ4n) is 4.01. The van der Waals surface area contributed by atoms with Crippen LogP contribution in [0.3, 0.4) is 0 Å². The first-order valence-corrected chi connectivity index (χ1v) is 10.0. The van der Waals surface area contributed by atoms with Crippen LogP contribution in [0.15, 0.2) is 12.1 Å². The van der Waals surface area contributed by atoms with Crippen molar-refractivity contribution in [3.8, 4) is 5.88 Å². The first-order chi connectivity index (χ1) is 11.7. The monoisotopic (exact) mass is 330 g/mol. The first kappa shape index (κ1) is 17.7. The number of fused-ring (bicyclic) bond motifs is 1. The molecule has 134 valence electrons. The zero-order valence-electron chi connectivity index (χ0n) is 15.6. The molecule has 0 unspecified atom stereocenters. The molecule has 1 fully saturated rings. The summed E-state index contributed by atoms with van der Waals surface area (Å²) in [5.74, 6) is 2.33. The van der Waals surface area contributed by atoms with Gasteiger partial charge in [-0.1, -0.05) is 52.0 Å². The Morgan fingerprint density at radius 3 is 2.71 bits per heavy atom. The standard InChI is InChI=1S/C21H34N2O/c1-17(2)16-24-21-9-8-19-11-14-23(15-12-20(19)22-21)13-10-18-6-4-3-5-7-18/h8-9,17-18H,3-7,10-16H2,1-2H3. The van der Waals surface area contributed by atoms with E-state index in [1.807, 2.05) is 0 Å². The second kappa shape index (κ2) is 8.84. The molecule has 1 aliphatic carbocycles. The molecule has 0 radical (unpaired) electrons. The molecule has 3 nitrogen and oxygen atoms in total. The number of nitrogens with zero attached hydrogens (tertiary/aromatic N) is 2. The lowest BCUT2D eigenvalue weighted by Crippen LogP contribution is -2.29. The van der Waals surface area contributed by atoms with E-state index in [1.165, 1.54) is 62.9 Å². The molecular weight excluding hydrogens is 296 g/mol. The summed E-state index contributed by atoms with van der Waals surface area (Å²) in [5.41, 5.74) is 2.68. The zero-order chi connectivity index (χ0) is 16.8. The summed E-state index contributed by atoms with van der Waals surface area (Å²) in [7, 11) is 0. The molecule has 1 aliphatic heterocycles. The van der Waals surface area contributed by atoms with Crippen LogP contribution in [0.25, 0.3) is 0 Å². The third kappa shape index (κ3) is 5.20. The van der Waals surface area contributed by atoms with E-state index in [4.69, 9.17) is 9.72 Å². The summed E-state index contributed by atoms with van der Waals surface area (Å²) in [6.07, 6.45) is 10.9. The van der Waals surface area contributed by atoms with Crippen LogP contribution in [-0.2, 0) is 12.8 Å². The highest BCUT2D eigenvalue weighted by molar-refractivity contribution is 5.27. The van der Waals surface area contributed by atoms with Crippen molar-refractivity contribution in [3.63, 3.8) is 0 Å². The lowest BCUT2D eigenvalue weighted by molar-refractivity contribution is 0.239. The van der Waals surface area contributed by atoms with Crippen molar-refractivity contribution >= 4 is 0 Å². The van der Waals surface area contributed by atoms with Crippen molar-refractivity contribution in [3.05, 3.63) is 23.4 Å². The third-order valence-electron chi connectivity index (χ3n) is 5.55. The van der Waals surface area contributed by atoms with Gasteiger partial charge >= 0.3 is 0 Å². The average molecular weight is 331 g/mol. The topological polar surface area (TPSA) is 25.4 Å². The van der Waals surface area contributed by atoms with Crippen molar-refractivity contribution in [2.75, 3.05) is 26.2 Å². The van der Waals surface area contributed by atoms with Gasteiger partial charge in [0.2, 0.25) is 5.88 Å². The maximum Gasteiger partial charge on any atom is 0.213 e. The van der Waals surface area contributed by atoms with Gasteiger partial charge in [-0.2, -0.15) is 0 Å². The zero-order valence-corrected chi connectivity index (χ0v) is 15.6. The summed E-state index contributed by atoms with van der Waals surface area (Å²) < 4.78 is 5.80. The van der Waals surface area contributed by atoms with Crippen LogP contribution in [-0.4, -0.2) is 36.1 Å². The molecule has 1 saturated carbocycles. The summed E-state index contributed by atoms with van der Waals surface area (Å²) in [5, 5.41) is 0. The molecule has 3 rings (SSSR count). The summed E-state index contributed by atoms with van der Waals surface area (Å²) in [6.45, 7) is 8.71. The second-order valence-corrected chi connectivity index (χ2v) is 8.09. The quantitative estimate of drug-likeness (QED) is 0.768. The van der Waals surface area contributed by atoms with E-state index in [0.29, 0.717) is 5.92 Å². The molecule has 2 aliphatic rings. The molecule has 0 amide bonds. The van der Waals surface area contributed by atoms with Gasteiger partial charge in [0.25, 0.3) is 0 Å². The minimum atomic E-state index is 0.542. The molecule has 0 bridgehead atoms.